The van der Waals surface area contributed by atoms with Crippen molar-refractivity contribution in [2.24, 2.45) is 0 Å². The molecule has 1 saturated heterocycles. The summed E-state index contributed by atoms with van der Waals surface area (Å²) in [6, 6.07) is 20.0. The fourth-order valence-corrected chi connectivity index (χ4v) is 13.8. The number of aryl methyl sites for hydroxylation is 1. The molecule has 4 aliphatic heterocycles. The van der Waals surface area contributed by atoms with E-state index in [0.717, 1.165) is 22.4 Å². The molecule has 1 fully saturated rings. The summed E-state index contributed by atoms with van der Waals surface area (Å²) in [6.45, 7) is 6.28. The molecular formula is C72H79FN10O19. The van der Waals surface area contributed by atoms with E-state index in [1.807, 2.05) is 67.1 Å². The van der Waals surface area contributed by atoms with Crippen molar-refractivity contribution in [1.29, 1.82) is 0 Å². The fourth-order valence-electron chi connectivity index (χ4n) is 13.8. The van der Waals surface area contributed by atoms with Crippen LogP contribution in [0, 0.1) is 12.7 Å². The van der Waals surface area contributed by atoms with Gasteiger partial charge in [0.05, 0.1) is 72.8 Å². The number of alkyl carbamates (subject to hydrolysis) is 1. The molecule has 7 aromatic rings. The number of aliphatic carboxylic acids is 1. The molecule has 30 heteroatoms. The highest BCUT2D eigenvalue weighted by Gasteiger charge is 2.49. The van der Waals surface area contributed by atoms with Gasteiger partial charge in [-0.15, -0.1) is 5.10 Å². The molecule has 0 unspecified atom stereocenters. The molecule has 7 heterocycles. The number of cyclic esters (lactones) is 1. The van der Waals surface area contributed by atoms with E-state index in [0.29, 0.717) is 45.4 Å². The average molecular weight is 1410 g/mol. The Kier molecular flexibility index (Phi) is 21.3. The first-order valence-corrected chi connectivity index (χ1v) is 33.8. The van der Waals surface area contributed by atoms with Gasteiger partial charge in [-0.05, 0) is 105 Å². The van der Waals surface area contributed by atoms with Crippen LogP contribution < -0.4 is 36.5 Å². The number of fused-ring (bicyclic) bond motifs is 10. The number of ether oxygens (including phenoxy) is 6. The molecular weight excluding hydrogens is 1330 g/mol. The number of hydrogen-bond donors (Lipinski definition) is 9. The maximum atomic E-state index is 15.7. The van der Waals surface area contributed by atoms with Gasteiger partial charge in [0.2, 0.25) is 29.9 Å². The number of aliphatic hydroxyl groups excluding tert-OH is 3. The number of carbonyl (C=O) groups is 7. The molecule has 0 radical (unpaired) electrons. The lowest BCUT2D eigenvalue weighted by Crippen LogP contribution is -2.61. The van der Waals surface area contributed by atoms with Gasteiger partial charge in [0.1, 0.15) is 54.8 Å². The Morgan fingerprint density at radius 1 is 0.843 bits per heavy atom. The minimum Gasteiger partial charge on any atom is -0.479 e. The zero-order valence-electron chi connectivity index (χ0n) is 56.7. The normalized spacial score (nSPS) is 20.3. The van der Waals surface area contributed by atoms with Crippen molar-refractivity contribution in [1.82, 2.24) is 45.8 Å². The van der Waals surface area contributed by atoms with Gasteiger partial charge in [0, 0.05) is 84.8 Å². The second kappa shape index (κ2) is 30.2. The first-order valence-electron chi connectivity index (χ1n) is 33.8. The van der Waals surface area contributed by atoms with Crippen molar-refractivity contribution in [3.8, 4) is 39.7 Å². The minimum atomic E-state index is -2.12. The smallest absolute Gasteiger partial charge is 0.407 e. The Balaban J connectivity index is 0.760. The van der Waals surface area contributed by atoms with E-state index in [-0.39, 0.29) is 141 Å². The Morgan fingerprint density at radius 2 is 1.61 bits per heavy atom. The van der Waals surface area contributed by atoms with Crippen LogP contribution in [0.15, 0.2) is 83.7 Å². The average Bonchev–Trinajstić information content (AvgIpc) is 1.50. The van der Waals surface area contributed by atoms with Crippen LogP contribution in [-0.2, 0) is 97.3 Å². The molecule has 3 aromatic heterocycles. The van der Waals surface area contributed by atoms with Gasteiger partial charge >= 0.3 is 18.0 Å². The summed E-state index contributed by atoms with van der Waals surface area (Å²) in [5.74, 6) is -5.39. The summed E-state index contributed by atoms with van der Waals surface area (Å²) in [4.78, 5) is 116. The van der Waals surface area contributed by atoms with Gasteiger partial charge < -0.3 is 84.7 Å². The number of halogens is 1. The molecule has 8 atom stereocenters. The number of nitrogens with one attached hydrogen (secondary N) is 4. The van der Waals surface area contributed by atoms with Gasteiger partial charge in [0.25, 0.3) is 5.56 Å². The number of carbonyl (C=O) groups excluding carboxylic acids is 6. The lowest BCUT2D eigenvalue weighted by atomic mass is 9.81. The second-order valence-electron chi connectivity index (χ2n) is 26.1. The molecule has 0 bridgehead atoms. The standard InChI is InChI=1S/C72H79FN10O19/c1-6-72(96)46-28-52-59-44(33-82(52)67(91)45(46)35-99-70(72)94)58-48(21-20-41-37(4)47(73)29-49(77-59)57(41)58)78-71(95)100-34-38-19-22-53(101-69-64(89)62(87)63(88)65(102-69)68(92)93)40(27-38)30-75-66(90)50(31-74-54(84)23-24-98-26-25-97-5)76-55(85)17-11-12-18-56(86)81-32-39-13-7-8-14-42(39)60-61(83(36(2)3)80-79-60)43-15-9-10-16-51(43)81/h7-10,13-16,19,22,27-29,36,48,50,62-65,69,87-89,96H,6,11-12,17-18,20-21,23-26,30-35H2,1-5H3,(H,74,84)(H,75,90)(H,76,85)(H,78,95)(H,92,93)/t48-,50-,62-,63-,64+,65-,69+,72-/m0/s1. The monoisotopic (exact) mass is 1410 g/mol. The van der Waals surface area contributed by atoms with E-state index < -0.39 is 115 Å². The number of carboxylic acids is 1. The number of anilines is 1. The fraction of sp³-hybridized carbons (Fsp3) is 0.431. The molecule has 29 nitrogen and oxygen atoms in total. The second-order valence-corrected chi connectivity index (χ2v) is 26.1. The Hall–Kier alpha value is -10.1. The summed E-state index contributed by atoms with van der Waals surface area (Å²) in [5.41, 5.74) is 5.48. The number of amides is 5. The number of aliphatic hydroxyl groups is 4. The molecule has 102 heavy (non-hydrogen) atoms. The molecule has 4 aromatic carbocycles. The Bertz CT molecular complexity index is 4520. The number of nitrogens with zero attached hydrogens (tertiary/aromatic N) is 6. The predicted octanol–water partition coefficient (Wildman–Crippen LogP) is 4.60. The number of hydrogen-bond acceptors (Lipinski definition) is 21. The van der Waals surface area contributed by atoms with Crippen molar-refractivity contribution < 1.29 is 91.9 Å². The lowest BCUT2D eigenvalue weighted by Gasteiger charge is -2.38. The number of carboxylic acid groups (broad SMARTS) is 1. The number of esters is 1. The number of unbranched alkanes of at least 4 members (excludes halogenated alkanes) is 1. The first-order chi connectivity index (χ1) is 49.0. The van der Waals surface area contributed by atoms with Gasteiger partial charge in [-0.3, -0.25) is 24.0 Å². The van der Waals surface area contributed by atoms with Gasteiger partial charge in [0.15, 0.2) is 11.7 Å². The molecule has 12 rings (SSSR count). The molecule has 5 aliphatic rings. The molecule has 1 aliphatic carbocycles. The van der Waals surface area contributed by atoms with Crippen LogP contribution in [0.25, 0.3) is 44.8 Å². The summed E-state index contributed by atoms with van der Waals surface area (Å²) in [6.07, 6.45) is -10.3. The van der Waals surface area contributed by atoms with Gasteiger partial charge in [-0.2, -0.15) is 0 Å². The van der Waals surface area contributed by atoms with E-state index in [2.05, 4.69) is 31.6 Å². The summed E-state index contributed by atoms with van der Waals surface area (Å²) < 4.78 is 52.0. The predicted molar refractivity (Wildman–Crippen MR) is 360 cm³/mol. The van der Waals surface area contributed by atoms with Crippen LogP contribution in [0.2, 0.25) is 0 Å². The minimum absolute atomic E-state index is 0.0164. The molecule has 538 valence electrons. The number of para-hydroxylation sites is 1. The SMILES string of the molecule is CC[C@@]1(O)C(=O)OCc2c1cc1n(c2=O)Cc2c-1nc1cc(F)c(C)c3c1c2[C@@H](NC(=O)OCc1ccc(O[C@@H]2O[C@H](C(=O)O)[C@@H](O)[C@H](O)[C@H]2O)c(CNC(=O)[C@H](CNC(=O)CCOCCOC)NC(=O)CCCCC(=O)N2Cc4ccccc4-c4nnn(C(C)C)c4-c4ccccc42)c1)CC3. The van der Waals surface area contributed by atoms with Crippen molar-refractivity contribution in [2.45, 2.75) is 166 Å². The first kappa shape index (κ1) is 71.7. The number of pyridine rings is 2. The lowest BCUT2D eigenvalue weighted by molar-refractivity contribution is -0.271. The molecule has 0 spiro atoms. The topological polar surface area (TPSA) is 393 Å². The molecule has 9 N–H and O–H groups in total. The van der Waals surface area contributed by atoms with Gasteiger partial charge in [-0.1, -0.05) is 60.7 Å². The largest absolute Gasteiger partial charge is 0.479 e. The maximum absolute atomic E-state index is 15.7. The number of benzene rings is 4. The third-order valence-electron chi connectivity index (χ3n) is 19.3. The van der Waals surface area contributed by atoms with Crippen LogP contribution in [-0.4, -0.2) is 162 Å². The van der Waals surface area contributed by atoms with Crippen LogP contribution in [0.5, 0.6) is 5.75 Å². The molecule has 5 amide bonds. The highest BCUT2D eigenvalue weighted by molar-refractivity contribution is 6.00. The number of methoxy groups -OCH3 is 1. The van der Waals surface area contributed by atoms with Crippen LogP contribution >= 0.6 is 0 Å². The third-order valence-corrected chi connectivity index (χ3v) is 19.3. The van der Waals surface area contributed by atoms with E-state index in [1.54, 1.807) is 18.7 Å². The number of rotatable bonds is 25. The zero-order valence-corrected chi connectivity index (χ0v) is 56.7. The Morgan fingerprint density at radius 3 is 2.37 bits per heavy atom. The summed E-state index contributed by atoms with van der Waals surface area (Å²) in [7, 11) is 1.50. The van der Waals surface area contributed by atoms with Gasteiger partial charge in [-0.25, -0.2) is 28.4 Å². The number of aromatic nitrogens is 5. The quantitative estimate of drug-likeness (QED) is 0.0279. The van der Waals surface area contributed by atoms with Crippen molar-refractivity contribution in [2.75, 3.05) is 38.4 Å². The molecule has 0 saturated carbocycles. The van der Waals surface area contributed by atoms with E-state index in [1.165, 1.54) is 42.0 Å². The summed E-state index contributed by atoms with van der Waals surface area (Å²) >= 11 is 0. The van der Waals surface area contributed by atoms with Crippen molar-refractivity contribution in [3.63, 3.8) is 0 Å². The van der Waals surface area contributed by atoms with E-state index in [4.69, 9.17) is 33.4 Å². The zero-order chi connectivity index (χ0) is 72.4. The van der Waals surface area contributed by atoms with Crippen molar-refractivity contribution in [3.05, 3.63) is 145 Å². The summed E-state index contributed by atoms with van der Waals surface area (Å²) in [5, 5.41) is 74.3. The maximum Gasteiger partial charge on any atom is 0.407 e. The Labute approximate surface area is 583 Å². The van der Waals surface area contributed by atoms with Crippen LogP contribution in [0.3, 0.4) is 0 Å². The van der Waals surface area contributed by atoms with Crippen LogP contribution in [0.4, 0.5) is 14.9 Å². The van der Waals surface area contributed by atoms with E-state index >= 15 is 4.39 Å². The van der Waals surface area contributed by atoms with Crippen molar-refractivity contribution >= 4 is 58.3 Å². The highest BCUT2D eigenvalue weighted by atomic mass is 19.1. The third kappa shape index (κ3) is 14.2. The van der Waals surface area contributed by atoms with E-state index in [9.17, 15) is 63.9 Å². The highest BCUT2D eigenvalue weighted by Crippen LogP contribution is 2.47. The van der Waals surface area contributed by atoms with Crippen LogP contribution in [0.1, 0.15) is 128 Å².